The average Bonchev–Trinajstić information content (AvgIpc) is 2.34. The Hall–Kier alpha value is -1.27. The van der Waals surface area contributed by atoms with Crippen LogP contribution in [-0.4, -0.2) is 10.1 Å². The molecule has 0 aromatic carbocycles. The molecule has 0 saturated carbocycles. The Morgan fingerprint density at radius 2 is 2.67 bits per heavy atom. The van der Waals surface area contributed by atoms with E-state index >= 15 is 0 Å². The van der Waals surface area contributed by atoms with Gasteiger partial charge in [-0.1, -0.05) is 0 Å². The van der Waals surface area contributed by atoms with Gasteiger partial charge in [0.1, 0.15) is 6.61 Å². The maximum absolute atomic E-state index is 8.42. The van der Waals surface area contributed by atoms with Gasteiger partial charge in [-0.05, 0) is 5.92 Å². The average molecular weight is 123 g/mol. The molecule has 1 N–H and O–H groups in total. The lowest BCUT2D eigenvalue weighted by Crippen LogP contribution is -1.78. The van der Waals surface area contributed by atoms with Crippen molar-refractivity contribution in [3.8, 4) is 12.3 Å². The first-order valence-electron chi connectivity index (χ1n) is 2.39. The summed E-state index contributed by atoms with van der Waals surface area (Å²) in [4.78, 5) is 3.65. The van der Waals surface area contributed by atoms with Crippen LogP contribution in [0.5, 0.6) is 0 Å². The van der Waals surface area contributed by atoms with Crippen molar-refractivity contribution < 1.29 is 9.52 Å². The Labute approximate surface area is 52.3 Å². The van der Waals surface area contributed by atoms with Crippen LogP contribution in [0.3, 0.4) is 0 Å². The number of aliphatic hydroxyl groups is 1. The summed E-state index contributed by atoms with van der Waals surface area (Å²) in [7, 11) is 0. The highest BCUT2D eigenvalue weighted by Crippen LogP contribution is 1.99. The molecule has 0 aliphatic rings. The molecule has 0 spiro atoms. The van der Waals surface area contributed by atoms with Crippen LogP contribution in [0.4, 0.5) is 0 Å². The molecule has 9 heavy (non-hydrogen) atoms. The van der Waals surface area contributed by atoms with Crippen LogP contribution in [0.2, 0.25) is 0 Å². The molecule has 0 aliphatic heterocycles. The number of aliphatic hydroxyl groups excluding tert-OH is 1. The minimum atomic E-state index is -0.207. The Morgan fingerprint density at radius 3 is 3.00 bits per heavy atom. The summed E-state index contributed by atoms with van der Waals surface area (Å²) in [6, 6.07) is 0. The van der Waals surface area contributed by atoms with Gasteiger partial charge in [-0.15, -0.1) is 6.42 Å². The normalized spacial score (nSPS) is 8.89. The van der Waals surface area contributed by atoms with Gasteiger partial charge >= 0.3 is 0 Å². The van der Waals surface area contributed by atoms with Gasteiger partial charge in [-0.3, -0.25) is 0 Å². The molecule has 1 aromatic rings. The van der Waals surface area contributed by atoms with Gasteiger partial charge < -0.3 is 9.52 Å². The Bertz CT molecular complexity index is 233. The largest absolute Gasteiger partial charge is 0.430 e. The molecular formula is C6H5NO2. The molecule has 0 bridgehead atoms. The fourth-order valence-electron chi connectivity index (χ4n) is 0.450. The van der Waals surface area contributed by atoms with Crippen LogP contribution < -0.4 is 0 Å². The van der Waals surface area contributed by atoms with E-state index in [4.69, 9.17) is 15.9 Å². The summed E-state index contributed by atoms with van der Waals surface area (Å²) >= 11 is 0. The number of aromatic nitrogens is 1. The van der Waals surface area contributed by atoms with Crippen LogP contribution in [0.1, 0.15) is 11.7 Å². The van der Waals surface area contributed by atoms with Crippen molar-refractivity contribution in [1.29, 1.82) is 0 Å². The van der Waals surface area contributed by atoms with Crippen molar-refractivity contribution in [3.05, 3.63) is 17.8 Å². The second kappa shape index (κ2) is 2.33. The molecule has 3 nitrogen and oxygen atoms in total. The van der Waals surface area contributed by atoms with Crippen molar-refractivity contribution in [2.45, 2.75) is 6.61 Å². The van der Waals surface area contributed by atoms with E-state index in [1.165, 1.54) is 6.20 Å². The third-order valence-corrected chi connectivity index (χ3v) is 0.831. The maximum atomic E-state index is 8.42. The first kappa shape index (κ1) is 5.86. The van der Waals surface area contributed by atoms with Gasteiger partial charge in [0, 0.05) is 0 Å². The van der Waals surface area contributed by atoms with Crippen LogP contribution in [0.25, 0.3) is 0 Å². The number of oxazole rings is 1. The monoisotopic (exact) mass is 123 g/mol. The van der Waals surface area contributed by atoms with E-state index in [1.54, 1.807) is 0 Å². The fourth-order valence-corrected chi connectivity index (χ4v) is 0.450. The molecule has 0 saturated heterocycles. The molecule has 0 aliphatic carbocycles. The third kappa shape index (κ3) is 1.09. The van der Waals surface area contributed by atoms with E-state index in [2.05, 4.69) is 10.9 Å². The number of terminal acetylenes is 1. The number of rotatable bonds is 1. The van der Waals surface area contributed by atoms with Crippen molar-refractivity contribution >= 4 is 0 Å². The molecule has 1 aromatic heterocycles. The first-order chi connectivity index (χ1) is 4.36. The molecule has 1 rings (SSSR count). The predicted octanol–water partition coefficient (Wildman–Crippen LogP) is 0.148. The Morgan fingerprint density at radius 1 is 1.89 bits per heavy atom. The lowest BCUT2D eigenvalue weighted by molar-refractivity contribution is 0.239. The second-order valence-electron chi connectivity index (χ2n) is 1.42. The molecule has 3 heteroatoms. The zero-order valence-electron chi connectivity index (χ0n) is 4.66. The number of nitrogens with zero attached hydrogens (tertiary/aromatic N) is 1. The molecule has 0 amide bonds. The topological polar surface area (TPSA) is 46.3 Å². The predicted molar refractivity (Wildman–Crippen MR) is 30.4 cm³/mol. The lowest BCUT2D eigenvalue weighted by atomic mass is 10.6. The molecular weight excluding hydrogens is 118 g/mol. The van der Waals surface area contributed by atoms with Crippen LogP contribution >= 0.6 is 0 Å². The maximum Gasteiger partial charge on any atom is 0.221 e. The van der Waals surface area contributed by atoms with Gasteiger partial charge in [0.25, 0.3) is 0 Å². The van der Waals surface area contributed by atoms with Gasteiger partial charge in [0.2, 0.25) is 5.89 Å². The van der Waals surface area contributed by atoms with Crippen LogP contribution in [0.15, 0.2) is 10.6 Å². The summed E-state index contributed by atoms with van der Waals surface area (Å²) in [6.45, 7) is -0.207. The van der Waals surface area contributed by atoms with E-state index in [0.29, 0.717) is 5.76 Å². The van der Waals surface area contributed by atoms with Crippen molar-refractivity contribution in [3.63, 3.8) is 0 Å². The van der Waals surface area contributed by atoms with Crippen LogP contribution in [0, 0.1) is 12.3 Å². The van der Waals surface area contributed by atoms with Crippen molar-refractivity contribution in [2.75, 3.05) is 0 Å². The van der Waals surface area contributed by atoms with Gasteiger partial charge in [0.15, 0.2) is 5.76 Å². The Balaban J connectivity index is 2.90. The summed E-state index contributed by atoms with van der Waals surface area (Å²) in [5.41, 5.74) is 0. The standard InChI is InChI=1S/C6H5NO2/c1-2-5-3-7-6(4-8)9-5/h1,3,8H,4H2. The molecule has 0 atom stereocenters. The summed E-state index contributed by atoms with van der Waals surface area (Å²) < 4.78 is 4.78. The number of hydrogen-bond donors (Lipinski definition) is 1. The highest BCUT2D eigenvalue weighted by Gasteiger charge is 1.96. The van der Waals surface area contributed by atoms with Gasteiger partial charge in [-0.25, -0.2) is 4.98 Å². The summed E-state index contributed by atoms with van der Waals surface area (Å²) in [5.74, 6) is 2.84. The zero-order chi connectivity index (χ0) is 6.69. The fraction of sp³-hybridized carbons (Fsp3) is 0.167. The van der Waals surface area contributed by atoms with E-state index in [1.807, 2.05) is 0 Å². The highest BCUT2D eigenvalue weighted by atomic mass is 16.4. The Kier molecular flexibility index (Phi) is 1.52. The SMILES string of the molecule is C#Cc1cnc(CO)o1. The smallest absolute Gasteiger partial charge is 0.221 e. The van der Waals surface area contributed by atoms with Crippen LogP contribution in [-0.2, 0) is 6.61 Å². The molecule has 46 valence electrons. The third-order valence-electron chi connectivity index (χ3n) is 0.831. The molecule has 0 fully saturated rings. The van der Waals surface area contributed by atoms with Crippen molar-refractivity contribution in [1.82, 2.24) is 4.98 Å². The van der Waals surface area contributed by atoms with Crippen molar-refractivity contribution in [2.24, 2.45) is 0 Å². The summed E-state index contributed by atoms with van der Waals surface area (Å²) in [5, 5.41) is 8.42. The number of hydrogen-bond acceptors (Lipinski definition) is 3. The second-order valence-corrected chi connectivity index (χ2v) is 1.42. The first-order valence-corrected chi connectivity index (χ1v) is 2.39. The minimum Gasteiger partial charge on any atom is -0.430 e. The van der Waals surface area contributed by atoms with E-state index in [0.717, 1.165) is 0 Å². The molecule has 0 radical (unpaired) electrons. The van der Waals surface area contributed by atoms with Gasteiger partial charge in [-0.2, -0.15) is 0 Å². The minimum absolute atomic E-state index is 0.207. The van der Waals surface area contributed by atoms with E-state index in [9.17, 15) is 0 Å². The molecule has 0 unspecified atom stereocenters. The molecule has 1 heterocycles. The van der Waals surface area contributed by atoms with Gasteiger partial charge in [0.05, 0.1) is 6.20 Å². The quantitative estimate of drug-likeness (QED) is 0.540. The summed E-state index contributed by atoms with van der Waals surface area (Å²) in [6.07, 6.45) is 6.35. The van der Waals surface area contributed by atoms with E-state index < -0.39 is 0 Å². The van der Waals surface area contributed by atoms with E-state index in [-0.39, 0.29) is 12.5 Å². The lowest BCUT2D eigenvalue weighted by Gasteiger charge is -1.79. The zero-order valence-corrected chi connectivity index (χ0v) is 4.66. The highest BCUT2D eigenvalue weighted by molar-refractivity contribution is 5.17.